The van der Waals surface area contributed by atoms with Gasteiger partial charge in [0.1, 0.15) is 11.3 Å². The van der Waals surface area contributed by atoms with E-state index in [1.165, 1.54) is 0 Å². The molecule has 0 spiro atoms. The van der Waals surface area contributed by atoms with Gasteiger partial charge in [0.2, 0.25) is 0 Å². The maximum atomic E-state index is 13.1. The molecule has 2 heterocycles. The van der Waals surface area contributed by atoms with Crippen LogP contribution in [0.3, 0.4) is 0 Å². The summed E-state index contributed by atoms with van der Waals surface area (Å²) in [5, 5.41) is 3.61. The zero-order valence-corrected chi connectivity index (χ0v) is 10.4. The Bertz CT molecular complexity index is 689. The number of rotatable bonds is 2. The van der Waals surface area contributed by atoms with E-state index in [1.54, 1.807) is 0 Å². The molecule has 0 saturated heterocycles. The first kappa shape index (κ1) is 12.9. The highest BCUT2D eigenvalue weighted by Crippen LogP contribution is 2.41. The second-order valence-corrected chi connectivity index (χ2v) is 4.62. The maximum Gasteiger partial charge on any atom is 0.433 e. The number of carbonyl (C=O) groups excluding carboxylic acids is 1. The smallest absolute Gasteiger partial charge is 0.433 e. The van der Waals surface area contributed by atoms with Crippen molar-refractivity contribution in [3.63, 3.8) is 0 Å². The Kier molecular flexibility index (Phi) is 2.70. The topological polar surface area (TPSA) is 56.5 Å². The van der Waals surface area contributed by atoms with Crippen molar-refractivity contribution in [3.05, 3.63) is 29.2 Å². The average molecular weight is 285 g/mol. The Morgan fingerprint density at radius 3 is 2.70 bits per heavy atom. The summed E-state index contributed by atoms with van der Waals surface area (Å²) in [5.74, 6) is -0.727. The van der Waals surface area contributed by atoms with Gasteiger partial charge in [-0.2, -0.15) is 18.3 Å². The van der Waals surface area contributed by atoms with Crippen LogP contribution in [-0.2, 0) is 10.9 Å². The SMILES string of the molecule is COC(=O)c1cnn2c(C(F)(F)F)cc(C3CC3)nc12. The molecular weight excluding hydrogens is 275 g/mol. The predicted molar refractivity (Wildman–Crippen MR) is 61.3 cm³/mol. The van der Waals surface area contributed by atoms with Crippen LogP contribution in [0.5, 0.6) is 0 Å². The summed E-state index contributed by atoms with van der Waals surface area (Å²) >= 11 is 0. The van der Waals surface area contributed by atoms with Gasteiger partial charge in [0.15, 0.2) is 5.65 Å². The van der Waals surface area contributed by atoms with E-state index in [4.69, 9.17) is 0 Å². The molecule has 1 aliphatic carbocycles. The van der Waals surface area contributed by atoms with Gasteiger partial charge in [-0.1, -0.05) is 0 Å². The largest absolute Gasteiger partial charge is 0.465 e. The Morgan fingerprint density at radius 1 is 1.45 bits per heavy atom. The second-order valence-electron chi connectivity index (χ2n) is 4.62. The average Bonchev–Trinajstić information content (AvgIpc) is 3.15. The molecule has 2 aromatic rings. The summed E-state index contributed by atoms with van der Waals surface area (Å²) in [6, 6.07) is 0.999. The number of aromatic nitrogens is 3. The molecule has 0 aromatic carbocycles. The lowest BCUT2D eigenvalue weighted by Gasteiger charge is -2.10. The molecule has 0 atom stereocenters. The fraction of sp³-hybridized carbons (Fsp3) is 0.417. The van der Waals surface area contributed by atoms with E-state index in [0.29, 0.717) is 10.2 Å². The van der Waals surface area contributed by atoms with Gasteiger partial charge < -0.3 is 4.74 Å². The van der Waals surface area contributed by atoms with Gasteiger partial charge >= 0.3 is 12.1 Å². The number of hydrogen-bond donors (Lipinski definition) is 0. The molecule has 2 aromatic heterocycles. The van der Waals surface area contributed by atoms with Crippen LogP contribution in [0.1, 0.15) is 40.5 Å². The summed E-state index contributed by atoms with van der Waals surface area (Å²) in [6.07, 6.45) is -1.91. The normalized spacial score (nSPS) is 15.6. The first-order valence-corrected chi connectivity index (χ1v) is 5.96. The van der Waals surface area contributed by atoms with Crippen LogP contribution in [0, 0.1) is 0 Å². The minimum absolute atomic E-state index is 0.0292. The molecule has 0 bridgehead atoms. The highest BCUT2D eigenvalue weighted by Gasteiger charge is 2.37. The van der Waals surface area contributed by atoms with E-state index in [1.807, 2.05) is 0 Å². The van der Waals surface area contributed by atoms with E-state index in [-0.39, 0.29) is 17.1 Å². The van der Waals surface area contributed by atoms with Crippen LogP contribution < -0.4 is 0 Å². The molecule has 1 fully saturated rings. The number of hydrogen-bond acceptors (Lipinski definition) is 4. The van der Waals surface area contributed by atoms with Gasteiger partial charge in [0.25, 0.3) is 0 Å². The van der Waals surface area contributed by atoms with Crippen molar-refractivity contribution in [2.24, 2.45) is 0 Å². The molecule has 106 valence electrons. The first-order chi connectivity index (χ1) is 9.41. The van der Waals surface area contributed by atoms with Crippen molar-refractivity contribution in [1.29, 1.82) is 0 Å². The van der Waals surface area contributed by atoms with Crippen molar-refractivity contribution in [3.8, 4) is 0 Å². The van der Waals surface area contributed by atoms with Crippen molar-refractivity contribution >= 4 is 11.6 Å². The van der Waals surface area contributed by atoms with E-state index < -0.39 is 17.8 Å². The highest BCUT2D eigenvalue weighted by atomic mass is 19.4. The molecular formula is C12H10F3N3O2. The van der Waals surface area contributed by atoms with Crippen molar-refractivity contribution in [2.45, 2.75) is 24.9 Å². The summed E-state index contributed by atoms with van der Waals surface area (Å²) < 4.78 is 44.4. The molecule has 1 saturated carbocycles. The summed E-state index contributed by atoms with van der Waals surface area (Å²) in [6.45, 7) is 0. The van der Waals surface area contributed by atoms with Crippen molar-refractivity contribution < 1.29 is 22.7 Å². The zero-order chi connectivity index (χ0) is 14.5. The lowest BCUT2D eigenvalue weighted by atomic mass is 10.2. The molecule has 0 radical (unpaired) electrons. The third kappa shape index (κ3) is 2.00. The quantitative estimate of drug-likeness (QED) is 0.795. The van der Waals surface area contributed by atoms with E-state index in [2.05, 4.69) is 14.8 Å². The molecule has 3 rings (SSSR count). The number of fused-ring (bicyclic) bond motifs is 1. The minimum Gasteiger partial charge on any atom is -0.465 e. The van der Waals surface area contributed by atoms with E-state index in [9.17, 15) is 18.0 Å². The van der Waals surface area contributed by atoms with Gasteiger partial charge in [-0.25, -0.2) is 14.3 Å². The third-order valence-electron chi connectivity index (χ3n) is 3.18. The van der Waals surface area contributed by atoms with Crippen molar-refractivity contribution in [1.82, 2.24) is 14.6 Å². The van der Waals surface area contributed by atoms with Gasteiger partial charge in [-0.3, -0.25) is 0 Å². The molecule has 5 nitrogen and oxygen atoms in total. The lowest BCUT2D eigenvalue weighted by molar-refractivity contribution is -0.142. The standard InChI is InChI=1S/C12H10F3N3O2/c1-20-11(19)7-5-16-18-9(12(13,14)15)4-8(6-2-3-6)17-10(7)18/h4-6H,2-3H2,1H3. The summed E-state index contributed by atoms with van der Waals surface area (Å²) in [5.41, 5.74) is -0.774. The van der Waals surface area contributed by atoms with Gasteiger partial charge in [0.05, 0.1) is 13.3 Å². The number of alkyl halides is 3. The number of esters is 1. The Balaban J connectivity index is 2.27. The number of ether oxygens (including phenoxy) is 1. The molecule has 0 unspecified atom stereocenters. The van der Waals surface area contributed by atoms with Gasteiger partial charge in [-0.05, 0) is 18.9 Å². The maximum absolute atomic E-state index is 13.1. The third-order valence-corrected chi connectivity index (χ3v) is 3.18. The number of nitrogens with zero attached hydrogens (tertiary/aromatic N) is 3. The van der Waals surface area contributed by atoms with Crippen LogP contribution in [0.4, 0.5) is 13.2 Å². The summed E-state index contributed by atoms with van der Waals surface area (Å²) in [4.78, 5) is 15.7. The van der Waals surface area contributed by atoms with Crippen LogP contribution >= 0.6 is 0 Å². The number of carbonyl (C=O) groups is 1. The highest BCUT2D eigenvalue weighted by molar-refractivity contribution is 5.95. The predicted octanol–water partition coefficient (Wildman–Crippen LogP) is 2.41. The molecule has 0 aliphatic heterocycles. The lowest BCUT2D eigenvalue weighted by Crippen LogP contribution is -2.15. The van der Waals surface area contributed by atoms with E-state index in [0.717, 1.165) is 32.2 Å². The van der Waals surface area contributed by atoms with Gasteiger partial charge in [0, 0.05) is 11.6 Å². The Labute approximate surface area is 111 Å². The molecule has 20 heavy (non-hydrogen) atoms. The summed E-state index contributed by atoms with van der Waals surface area (Å²) in [7, 11) is 1.15. The molecule has 0 N–H and O–H groups in total. The monoisotopic (exact) mass is 285 g/mol. The van der Waals surface area contributed by atoms with Crippen LogP contribution in [0.25, 0.3) is 5.65 Å². The first-order valence-electron chi connectivity index (χ1n) is 5.96. The van der Waals surface area contributed by atoms with Crippen LogP contribution in [0.2, 0.25) is 0 Å². The Morgan fingerprint density at radius 2 is 2.15 bits per heavy atom. The molecule has 8 heteroatoms. The Hall–Kier alpha value is -2.12. The number of halogens is 3. The van der Waals surface area contributed by atoms with Crippen LogP contribution in [-0.4, -0.2) is 27.7 Å². The van der Waals surface area contributed by atoms with Gasteiger partial charge in [-0.15, -0.1) is 0 Å². The van der Waals surface area contributed by atoms with E-state index >= 15 is 0 Å². The minimum atomic E-state index is -4.57. The second kappa shape index (κ2) is 4.19. The molecule has 0 amide bonds. The number of methoxy groups -OCH3 is 1. The zero-order valence-electron chi connectivity index (χ0n) is 10.4. The fourth-order valence-electron chi connectivity index (χ4n) is 2.03. The fourth-order valence-corrected chi connectivity index (χ4v) is 2.03. The molecule has 1 aliphatic rings. The van der Waals surface area contributed by atoms with Crippen LogP contribution in [0.15, 0.2) is 12.3 Å². The van der Waals surface area contributed by atoms with Crippen molar-refractivity contribution in [2.75, 3.05) is 7.11 Å².